The van der Waals surface area contributed by atoms with Crippen molar-refractivity contribution in [3.05, 3.63) is 35.4 Å². The quantitative estimate of drug-likeness (QED) is 0.880. The highest BCUT2D eigenvalue weighted by atomic mass is 16.1. The molecule has 98 valence electrons. The van der Waals surface area contributed by atoms with Crippen LogP contribution in [0.15, 0.2) is 24.3 Å². The second-order valence-electron chi connectivity index (χ2n) is 5.39. The van der Waals surface area contributed by atoms with E-state index in [0.29, 0.717) is 18.9 Å². The fourth-order valence-electron chi connectivity index (χ4n) is 2.55. The van der Waals surface area contributed by atoms with Crippen LogP contribution in [-0.4, -0.2) is 30.9 Å². The smallest absolute Gasteiger partial charge is 0.220 e. The van der Waals surface area contributed by atoms with Crippen LogP contribution < -0.4 is 5.32 Å². The summed E-state index contributed by atoms with van der Waals surface area (Å²) >= 11 is 0. The van der Waals surface area contributed by atoms with Gasteiger partial charge >= 0.3 is 0 Å². The topological polar surface area (TPSA) is 32.3 Å². The number of nitrogens with one attached hydrogen (secondary N) is 1. The average Bonchev–Trinajstić information content (AvgIpc) is 2.72. The molecule has 0 aliphatic carbocycles. The molecular weight excluding hydrogens is 224 g/mol. The summed E-state index contributed by atoms with van der Waals surface area (Å²) in [6.07, 6.45) is 1.81. The van der Waals surface area contributed by atoms with E-state index in [1.165, 1.54) is 11.1 Å². The first-order chi connectivity index (χ1) is 8.63. The Morgan fingerprint density at radius 3 is 3.00 bits per heavy atom. The van der Waals surface area contributed by atoms with Gasteiger partial charge in [-0.25, -0.2) is 0 Å². The van der Waals surface area contributed by atoms with Crippen LogP contribution in [0.25, 0.3) is 0 Å². The molecule has 1 unspecified atom stereocenters. The number of hydrogen-bond acceptors (Lipinski definition) is 2. The van der Waals surface area contributed by atoms with Crippen LogP contribution >= 0.6 is 0 Å². The van der Waals surface area contributed by atoms with E-state index in [2.05, 4.69) is 42.4 Å². The molecule has 0 bridgehead atoms. The van der Waals surface area contributed by atoms with Crippen molar-refractivity contribution in [2.75, 3.05) is 20.1 Å². The highest BCUT2D eigenvalue weighted by Gasteiger charge is 2.21. The fourth-order valence-corrected chi connectivity index (χ4v) is 2.55. The van der Waals surface area contributed by atoms with Gasteiger partial charge < -0.3 is 10.2 Å². The van der Waals surface area contributed by atoms with E-state index >= 15 is 0 Å². The van der Waals surface area contributed by atoms with Gasteiger partial charge in [0.25, 0.3) is 0 Å². The second kappa shape index (κ2) is 6.01. The molecule has 1 aromatic rings. The standard InChI is InChI=1S/C15H22N2O/c1-12-4-3-5-13(8-12)10-16-15(18)9-14-6-7-17(2)11-14/h3-5,8,14H,6-7,9-11H2,1-2H3,(H,16,18). The SMILES string of the molecule is Cc1cccc(CNC(=O)CC2CCN(C)C2)c1. The number of carbonyl (C=O) groups excluding carboxylic acids is 1. The number of hydrogen-bond donors (Lipinski definition) is 1. The fraction of sp³-hybridized carbons (Fsp3) is 0.533. The summed E-state index contributed by atoms with van der Waals surface area (Å²) in [6, 6.07) is 8.27. The molecule has 1 N–H and O–H groups in total. The van der Waals surface area contributed by atoms with E-state index in [1.54, 1.807) is 0 Å². The van der Waals surface area contributed by atoms with E-state index in [9.17, 15) is 4.79 Å². The molecule has 1 aromatic carbocycles. The van der Waals surface area contributed by atoms with E-state index in [1.807, 2.05) is 6.07 Å². The zero-order valence-corrected chi connectivity index (χ0v) is 11.3. The maximum atomic E-state index is 11.8. The van der Waals surface area contributed by atoms with Crippen LogP contribution in [0.2, 0.25) is 0 Å². The summed E-state index contributed by atoms with van der Waals surface area (Å²) in [6.45, 7) is 4.89. The molecule has 0 saturated carbocycles. The number of carbonyl (C=O) groups is 1. The number of aryl methyl sites for hydroxylation is 1. The average molecular weight is 246 g/mol. The number of nitrogens with zero attached hydrogens (tertiary/aromatic N) is 1. The van der Waals surface area contributed by atoms with Gasteiger partial charge in [0.05, 0.1) is 0 Å². The van der Waals surface area contributed by atoms with Gasteiger partial charge in [0.1, 0.15) is 0 Å². The molecule has 1 amide bonds. The van der Waals surface area contributed by atoms with Crippen LogP contribution in [0.3, 0.4) is 0 Å². The van der Waals surface area contributed by atoms with Crippen LogP contribution in [0, 0.1) is 12.8 Å². The third-order valence-electron chi connectivity index (χ3n) is 3.54. The molecule has 3 heteroatoms. The van der Waals surface area contributed by atoms with Crippen molar-refractivity contribution in [3.8, 4) is 0 Å². The maximum Gasteiger partial charge on any atom is 0.220 e. The lowest BCUT2D eigenvalue weighted by atomic mass is 10.0. The minimum absolute atomic E-state index is 0.178. The predicted molar refractivity (Wildman–Crippen MR) is 73.2 cm³/mol. The van der Waals surface area contributed by atoms with Crippen LogP contribution in [0.4, 0.5) is 0 Å². The summed E-state index contributed by atoms with van der Waals surface area (Å²) in [5.74, 6) is 0.712. The molecule has 1 fully saturated rings. The van der Waals surface area contributed by atoms with E-state index in [0.717, 1.165) is 19.5 Å². The van der Waals surface area contributed by atoms with E-state index < -0.39 is 0 Å². The summed E-state index contributed by atoms with van der Waals surface area (Å²) in [5.41, 5.74) is 2.41. The van der Waals surface area contributed by atoms with Crippen LogP contribution in [0.1, 0.15) is 24.0 Å². The van der Waals surface area contributed by atoms with Crippen molar-refractivity contribution in [1.29, 1.82) is 0 Å². The zero-order valence-electron chi connectivity index (χ0n) is 11.3. The van der Waals surface area contributed by atoms with Gasteiger partial charge in [0, 0.05) is 19.5 Å². The zero-order chi connectivity index (χ0) is 13.0. The first-order valence-electron chi connectivity index (χ1n) is 6.64. The summed E-state index contributed by atoms with van der Waals surface area (Å²) in [7, 11) is 2.12. The lowest BCUT2D eigenvalue weighted by Crippen LogP contribution is -2.26. The molecule has 3 nitrogen and oxygen atoms in total. The van der Waals surface area contributed by atoms with E-state index in [-0.39, 0.29) is 5.91 Å². The maximum absolute atomic E-state index is 11.8. The lowest BCUT2D eigenvalue weighted by molar-refractivity contribution is -0.122. The van der Waals surface area contributed by atoms with Crippen molar-refractivity contribution >= 4 is 5.91 Å². The summed E-state index contributed by atoms with van der Waals surface area (Å²) in [4.78, 5) is 14.1. The first-order valence-corrected chi connectivity index (χ1v) is 6.64. The highest BCUT2D eigenvalue weighted by molar-refractivity contribution is 5.76. The van der Waals surface area contributed by atoms with Crippen molar-refractivity contribution in [3.63, 3.8) is 0 Å². The van der Waals surface area contributed by atoms with Gasteiger partial charge in [-0.05, 0) is 38.4 Å². The molecule has 18 heavy (non-hydrogen) atoms. The molecule has 1 aliphatic rings. The number of amides is 1. The highest BCUT2D eigenvalue weighted by Crippen LogP contribution is 2.17. The number of rotatable bonds is 4. The predicted octanol–water partition coefficient (Wildman–Crippen LogP) is 1.95. The Kier molecular flexibility index (Phi) is 4.37. The second-order valence-corrected chi connectivity index (χ2v) is 5.39. The van der Waals surface area contributed by atoms with Gasteiger partial charge in [0.2, 0.25) is 5.91 Å². The molecule has 1 saturated heterocycles. The molecule has 0 spiro atoms. The lowest BCUT2D eigenvalue weighted by Gasteiger charge is -2.11. The Bertz CT molecular complexity index is 417. The number of benzene rings is 1. The molecule has 1 aliphatic heterocycles. The Morgan fingerprint density at radius 2 is 2.33 bits per heavy atom. The normalized spacial score (nSPS) is 20.0. The summed E-state index contributed by atoms with van der Waals surface area (Å²) in [5, 5.41) is 3.01. The molecule has 1 atom stereocenters. The molecule has 2 rings (SSSR count). The van der Waals surface area contributed by atoms with Crippen molar-refractivity contribution in [2.24, 2.45) is 5.92 Å². The van der Waals surface area contributed by atoms with E-state index in [4.69, 9.17) is 0 Å². The Hall–Kier alpha value is -1.35. The monoisotopic (exact) mass is 246 g/mol. The van der Waals surface area contributed by atoms with Crippen LogP contribution in [0.5, 0.6) is 0 Å². The van der Waals surface area contributed by atoms with Gasteiger partial charge in [-0.15, -0.1) is 0 Å². The molecule has 0 aromatic heterocycles. The first kappa shape index (κ1) is 13.1. The Morgan fingerprint density at radius 1 is 1.50 bits per heavy atom. The summed E-state index contributed by atoms with van der Waals surface area (Å²) < 4.78 is 0. The van der Waals surface area contributed by atoms with Gasteiger partial charge in [0.15, 0.2) is 0 Å². The third kappa shape index (κ3) is 3.84. The Labute approximate surface area is 109 Å². The largest absolute Gasteiger partial charge is 0.352 e. The van der Waals surface area contributed by atoms with Gasteiger partial charge in [-0.1, -0.05) is 29.8 Å². The minimum atomic E-state index is 0.178. The van der Waals surface area contributed by atoms with Crippen molar-refractivity contribution < 1.29 is 4.79 Å². The Balaban J connectivity index is 1.75. The molecule has 1 heterocycles. The third-order valence-corrected chi connectivity index (χ3v) is 3.54. The van der Waals surface area contributed by atoms with Crippen molar-refractivity contribution in [1.82, 2.24) is 10.2 Å². The molecular formula is C15H22N2O. The molecule has 0 radical (unpaired) electrons. The van der Waals surface area contributed by atoms with Gasteiger partial charge in [-0.3, -0.25) is 4.79 Å². The number of likely N-dealkylation sites (tertiary alicyclic amines) is 1. The van der Waals surface area contributed by atoms with Crippen molar-refractivity contribution in [2.45, 2.75) is 26.3 Å². The van der Waals surface area contributed by atoms with Gasteiger partial charge in [-0.2, -0.15) is 0 Å². The minimum Gasteiger partial charge on any atom is -0.352 e. The van der Waals surface area contributed by atoms with Crippen LogP contribution in [-0.2, 0) is 11.3 Å².